The molecule has 0 radical (unpaired) electrons. The molecule has 1 heterocycles. The molecule has 7 heteroatoms. The summed E-state index contributed by atoms with van der Waals surface area (Å²) in [6.45, 7) is 3.42. The summed E-state index contributed by atoms with van der Waals surface area (Å²) in [5, 5.41) is 16.8. The molecule has 1 atom stereocenters. The van der Waals surface area contributed by atoms with E-state index in [4.69, 9.17) is 4.74 Å². The van der Waals surface area contributed by atoms with Crippen molar-refractivity contribution >= 4 is 21.8 Å². The lowest BCUT2D eigenvalue weighted by Gasteiger charge is -2.36. The molecule has 162 valence electrons. The van der Waals surface area contributed by atoms with E-state index in [2.05, 4.69) is 43.6 Å². The number of hydrogen-bond donors (Lipinski definition) is 3. The number of halogens is 1. The second-order valence-corrected chi connectivity index (χ2v) is 8.49. The zero-order chi connectivity index (χ0) is 21.3. The van der Waals surface area contributed by atoms with Crippen LogP contribution in [0.5, 0.6) is 5.75 Å². The number of nitrogens with one attached hydrogen (secondary N) is 2. The van der Waals surface area contributed by atoms with E-state index >= 15 is 0 Å². The van der Waals surface area contributed by atoms with Crippen LogP contribution in [0.3, 0.4) is 0 Å². The van der Waals surface area contributed by atoms with Crippen LogP contribution in [0.2, 0.25) is 0 Å². The van der Waals surface area contributed by atoms with Crippen molar-refractivity contribution in [2.75, 3.05) is 33.3 Å². The van der Waals surface area contributed by atoms with E-state index in [0.29, 0.717) is 23.9 Å². The molecule has 2 aromatic carbocycles. The predicted molar refractivity (Wildman–Crippen MR) is 122 cm³/mol. The van der Waals surface area contributed by atoms with Gasteiger partial charge in [-0.05, 0) is 55.8 Å². The van der Waals surface area contributed by atoms with Crippen LogP contribution in [0.25, 0.3) is 0 Å². The molecule has 2 aromatic rings. The van der Waals surface area contributed by atoms with Crippen LogP contribution in [0.15, 0.2) is 53.0 Å². The number of benzene rings is 2. The average molecular weight is 476 g/mol. The lowest BCUT2D eigenvalue weighted by molar-refractivity contribution is 0.0411. The first-order valence-corrected chi connectivity index (χ1v) is 11.2. The lowest BCUT2D eigenvalue weighted by atomic mass is 10.0. The molecule has 0 aromatic heterocycles. The number of piperidine rings is 1. The number of aliphatic hydroxyl groups excluding tert-OH is 1. The standard InChI is InChI=1S/C23H30BrN3O3/c1-25-23(29)21-4-2-3-5-22(21)30-16-20(28)15-27(19-10-12-26-13-11-19)14-17-6-8-18(24)9-7-17/h2-9,19-20,26,28H,10-16H2,1H3,(H,25,29). The van der Waals surface area contributed by atoms with Crippen molar-refractivity contribution in [1.82, 2.24) is 15.5 Å². The maximum absolute atomic E-state index is 12.0. The van der Waals surface area contributed by atoms with Crippen molar-refractivity contribution in [3.8, 4) is 5.75 Å². The van der Waals surface area contributed by atoms with Gasteiger partial charge in [0.25, 0.3) is 5.91 Å². The summed E-state index contributed by atoms with van der Waals surface area (Å²) >= 11 is 3.49. The Morgan fingerprint density at radius 3 is 2.63 bits per heavy atom. The minimum absolute atomic E-state index is 0.135. The fourth-order valence-corrected chi connectivity index (χ4v) is 4.03. The minimum atomic E-state index is -0.659. The topological polar surface area (TPSA) is 73.8 Å². The van der Waals surface area contributed by atoms with Gasteiger partial charge in [0.05, 0.1) is 5.56 Å². The number of para-hydroxylation sites is 1. The fraction of sp³-hybridized carbons (Fsp3) is 0.435. The van der Waals surface area contributed by atoms with Gasteiger partial charge in [0.1, 0.15) is 18.5 Å². The summed E-state index contributed by atoms with van der Waals surface area (Å²) < 4.78 is 6.88. The van der Waals surface area contributed by atoms with Crippen LogP contribution in [0, 0.1) is 0 Å². The normalized spacial score (nSPS) is 15.7. The van der Waals surface area contributed by atoms with Crippen molar-refractivity contribution in [2.24, 2.45) is 0 Å². The van der Waals surface area contributed by atoms with Crippen molar-refractivity contribution < 1.29 is 14.6 Å². The Morgan fingerprint density at radius 2 is 1.93 bits per heavy atom. The van der Waals surface area contributed by atoms with Crippen LogP contribution in [-0.2, 0) is 6.54 Å². The van der Waals surface area contributed by atoms with Gasteiger partial charge in [0.15, 0.2) is 0 Å². The second-order valence-electron chi connectivity index (χ2n) is 7.58. The van der Waals surface area contributed by atoms with Gasteiger partial charge in [-0.3, -0.25) is 9.69 Å². The molecule has 0 aliphatic carbocycles. The lowest BCUT2D eigenvalue weighted by Crippen LogP contribution is -2.46. The quantitative estimate of drug-likeness (QED) is 0.519. The zero-order valence-corrected chi connectivity index (χ0v) is 18.9. The van der Waals surface area contributed by atoms with Crippen LogP contribution < -0.4 is 15.4 Å². The number of amides is 1. The Morgan fingerprint density at radius 1 is 1.23 bits per heavy atom. The Bertz CT molecular complexity index is 810. The van der Waals surface area contributed by atoms with E-state index < -0.39 is 6.10 Å². The summed E-state index contributed by atoms with van der Waals surface area (Å²) in [6, 6.07) is 15.8. The van der Waals surface area contributed by atoms with Gasteiger partial charge >= 0.3 is 0 Å². The van der Waals surface area contributed by atoms with E-state index in [-0.39, 0.29) is 12.5 Å². The molecule has 6 nitrogen and oxygen atoms in total. The highest BCUT2D eigenvalue weighted by atomic mass is 79.9. The van der Waals surface area contributed by atoms with E-state index in [9.17, 15) is 9.90 Å². The third-order valence-corrected chi connectivity index (χ3v) is 5.89. The molecular formula is C23H30BrN3O3. The van der Waals surface area contributed by atoms with Gasteiger partial charge < -0.3 is 20.5 Å². The molecule has 1 amide bonds. The highest BCUT2D eigenvalue weighted by Crippen LogP contribution is 2.20. The summed E-state index contributed by atoms with van der Waals surface area (Å²) in [4.78, 5) is 14.4. The molecule has 30 heavy (non-hydrogen) atoms. The molecule has 1 aliphatic rings. The summed E-state index contributed by atoms with van der Waals surface area (Å²) in [5.41, 5.74) is 1.69. The zero-order valence-electron chi connectivity index (χ0n) is 17.3. The summed E-state index contributed by atoms with van der Waals surface area (Å²) in [7, 11) is 1.59. The van der Waals surface area contributed by atoms with Crippen molar-refractivity contribution in [3.05, 3.63) is 64.1 Å². The Balaban J connectivity index is 1.63. The number of hydrogen-bond acceptors (Lipinski definition) is 5. The molecule has 0 spiro atoms. The average Bonchev–Trinajstić information content (AvgIpc) is 2.79. The monoisotopic (exact) mass is 475 g/mol. The number of rotatable bonds is 9. The smallest absolute Gasteiger partial charge is 0.254 e. The molecule has 0 saturated carbocycles. The number of carbonyl (C=O) groups excluding carboxylic acids is 1. The minimum Gasteiger partial charge on any atom is -0.490 e. The molecule has 1 unspecified atom stereocenters. The predicted octanol–water partition coefficient (Wildman–Crippen LogP) is 2.80. The van der Waals surface area contributed by atoms with Gasteiger partial charge in [-0.25, -0.2) is 0 Å². The molecule has 0 bridgehead atoms. The first-order valence-electron chi connectivity index (χ1n) is 10.4. The van der Waals surface area contributed by atoms with Gasteiger partial charge in [-0.15, -0.1) is 0 Å². The highest BCUT2D eigenvalue weighted by Gasteiger charge is 2.24. The SMILES string of the molecule is CNC(=O)c1ccccc1OCC(O)CN(Cc1ccc(Br)cc1)C1CCNCC1. The largest absolute Gasteiger partial charge is 0.490 e. The van der Waals surface area contributed by atoms with Crippen LogP contribution in [0.1, 0.15) is 28.8 Å². The van der Waals surface area contributed by atoms with Gasteiger partial charge in [-0.2, -0.15) is 0 Å². The molecule has 1 saturated heterocycles. The molecule has 3 rings (SSSR count). The summed E-state index contributed by atoms with van der Waals surface area (Å²) in [5.74, 6) is 0.281. The molecule has 1 fully saturated rings. The van der Waals surface area contributed by atoms with Crippen LogP contribution in [-0.4, -0.2) is 61.3 Å². The van der Waals surface area contributed by atoms with E-state index in [1.54, 1.807) is 25.2 Å². The van der Waals surface area contributed by atoms with Gasteiger partial charge in [-0.1, -0.05) is 40.2 Å². The fourth-order valence-electron chi connectivity index (χ4n) is 3.76. The Labute approximate surface area is 186 Å². The molecule has 1 aliphatic heterocycles. The number of aliphatic hydroxyl groups is 1. The number of carbonyl (C=O) groups is 1. The summed E-state index contributed by atoms with van der Waals surface area (Å²) in [6.07, 6.45) is 1.46. The van der Waals surface area contributed by atoms with Crippen LogP contribution in [0.4, 0.5) is 0 Å². The first-order chi connectivity index (χ1) is 14.6. The first kappa shape index (κ1) is 22.7. The van der Waals surface area contributed by atoms with Crippen molar-refractivity contribution in [2.45, 2.75) is 31.5 Å². The molecule has 3 N–H and O–H groups in total. The van der Waals surface area contributed by atoms with Gasteiger partial charge in [0, 0.05) is 30.7 Å². The Kier molecular flexibility index (Phi) is 8.69. The van der Waals surface area contributed by atoms with E-state index in [1.165, 1.54) is 5.56 Å². The van der Waals surface area contributed by atoms with E-state index in [0.717, 1.165) is 36.9 Å². The van der Waals surface area contributed by atoms with Crippen molar-refractivity contribution in [1.29, 1.82) is 0 Å². The second kappa shape index (κ2) is 11.5. The maximum Gasteiger partial charge on any atom is 0.254 e. The van der Waals surface area contributed by atoms with Crippen LogP contribution >= 0.6 is 15.9 Å². The third kappa shape index (κ3) is 6.54. The number of ether oxygens (including phenoxy) is 1. The highest BCUT2D eigenvalue weighted by molar-refractivity contribution is 9.10. The van der Waals surface area contributed by atoms with Gasteiger partial charge in [0.2, 0.25) is 0 Å². The molecular weight excluding hydrogens is 446 g/mol. The Hall–Kier alpha value is -1.93. The van der Waals surface area contributed by atoms with E-state index in [1.807, 2.05) is 18.2 Å². The number of nitrogens with zero attached hydrogens (tertiary/aromatic N) is 1. The van der Waals surface area contributed by atoms with Crippen molar-refractivity contribution in [3.63, 3.8) is 0 Å². The third-order valence-electron chi connectivity index (χ3n) is 5.36. The maximum atomic E-state index is 12.0.